The van der Waals surface area contributed by atoms with Crippen LogP contribution in [0.1, 0.15) is 45.5 Å². The summed E-state index contributed by atoms with van der Waals surface area (Å²) in [6.45, 7) is 10.00. The van der Waals surface area contributed by atoms with Crippen molar-refractivity contribution in [1.82, 2.24) is 14.9 Å². The molecule has 0 saturated carbocycles. The topological polar surface area (TPSA) is 113 Å². The van der Waals surface area contributed by atoms with Crippen LogP contribution in [0.3, 0.4) is 0 Å². The lowest BCUT2D eigenvalue weighted by Gasteiger charge is -2.37. The summed E-state index contributed by atoms with van der Waals surface area (Å²) in [6.07, 6.45) is 6.22. The Labute approximate surface area is 247 Å². The van der Waals surface area contributed by atoms with Crippen LogP contribution in [-0.2, 0) is 16.4 Å². The van der Waals surface area contributed by atoms with Gasteiger partial charge in [0, 0.05) is 57.2 Å². The molecule has 0 radical (unpaired) electrons. The SMILES string of the molecule is Cc1cc(C)c(C(=O)N2CCN(c3cccnc3S(N)(=O)=O)CC2)c(C)c1CC1CCN(c2ncccc2Cl)CC1. The molecule has 1 amide bonds. The smallest absolute Gasteiger partial charge is 0.257 e. The molecular weight excluding hydrogens is 560 g/mol. The van der Waals surface area contributed by atoms with E-state index in [2.05, 4.69) is 34.8 Å². The molecule has 2 N–H and O–H groups in total. The molecule has 218 valence electrons. The fourth-order valence-electron chi connectivity index (χ4n) is 6.27. The minimum atomic E-state index is -3.95. The van der Waals surface area contributed by atoms with Crippen LogP contribution in [-0.4, -0.2) is 68.5 Å². The summed E-state index contributed by atoms with van der Waals surface area (Å²) in [5.74, 6) is 1.40. The standard InChI is InChI=1S/C30H37ClN6O3S/c1-20-18-21(2)27(22(3)24(20)19-23-8-12-36(13-9-23)28-25(31)6-4-10-33-28)30(38)37-16-14-35(15-17-37)26-7-5-11-34-29(26)41(32,39)40/h4-7,10-11,18,23H,8-9,12-17,19H2,1-3H3,(H2,32,39,40). The van der Waals surface area contributed by atoms with Crippen molar-refractivity contribution < 1.29 is 13.2 Å². The summed E-state index contributed by atoms with van der Waals surface area (Å²) in [5.41, 5.74) is 5.80. The summed E-state index contributed by atoms with van der Waals surface area (Å²) in [7, 11) is -3.95. The Morgan fingerprint density at radius 2 is 1.61 bits per heavy atom. The van der Waals surface area contributed by atoms with Crippen molar-refractivity contribution in [3.05, 3.63) is 75.6 Å². The summed E-state index contributed by atoms with van der Waals surface area (Å²) in [4.78, 5) is 28.4. The first-order chi connectivity index (χ1) is 19.5. The molecule has 0 atom stereocenters. The number of nitrogens with two attached hydrogens (primary N) is 1. The maximum atomic E-state index is 13.9. The second-order valence-electron chi connectivity index (χ2n) is 11.1. The van der Waals surface area contributed by atoms with E-state index in [1.165, 1.54) is 17.3 Å². The van der Waals surface area contributed by atoms with Crippen molar-refractivity contribution in [2.75, 3.05) is 49.1 Å². The number of primary sulfonamides is 1. The van der Waals surface area contributed by atoms with Crippen LogP contribution in [0.5, 0.6) is 0 Å². The Hall–Kier alpha value is -3.21. The normalized spacial score (nSPS) is 16.8. The highest BCUT2D eigenvalue weighted by Gasteiger charge is 2.29. The lowest BCUT2D eigenvalue weighted by atomic mass is 9.84. The van der Waals surface area contributed by atoms with Crippen LogP contribution in [0.25, 0.3) is 0 Å². The van der Waals surface area contributed by atoms with E-state index in [-0.39, 0.29) is 10.9 Å². The van der Waals surface area contributed by atoms with Crippen molar-refractivity contribution in [2.24, 2.45) is 11.1 Å². The highest BCUT2D eigenvalue weighted by molar-refractivity contribution is 7.89. The van der Waals surface area contributed by atoms with E-state index in [1.807, 2.05) is 28.9 Å². The van der Waals surface area contributed by atoms with Gasteiger partial charge in [0.15, 0.2) is 5.03 Å². The van der Waals surface area contributed by atoms with E-state index in [0.717, 1.165) is 54.9 Å². The van der Waals surface area contributed by atoms with Gasteiger partial charge >= 0.3 is 0 Å². The first kappa shape index (κ1) is 29.3. The van der Waals surface area contributed by atoms with E-state index in [4.69, 9.17) is 16.7 Å². The Bertz CT molecular complexity index is 1550. The average Bonchev–Trinajstić information content (AvgIpc) is 2.95. The zero-order valence-electron chi connectivity index (χ0n) is 23.8. The fraction of sp³-hybridized carbons (Fsp3) is 0.433. The lowest BCUT2D eigenvalue weighted by Crippen LogP contribution is -2.49. The van der Waals surface area contributed by atoms with Crippen LogP contribution >= 0.6 is 11.6 Å². The van der Waals surface area contributed by atoms with E-state index in [1.54, 1.807) is 18.3 Å². The zero-order chi connectivity index (χ0) is 29.3. The molecule has 2 aliphatic heterocycles. The number of aromatic nitrogens is 2. The van der Waals surface area contributed by atoms with Crippen molar-refractivity contribution in [2.45, 2.75) is 45.1 Å². The molecule has 2 saturated heterocycles. The maximum absolute atomic E-state index is 13.9. The van der Waals surface area contributed by atoms with Crippen LogP contribution in [0.4, 0.5) is 11.5 Å². The molecule has 2 aromatic heterocycles. The van der Waals surface area contributed by atoms with Gasteiger partial charge in [-0.3, -0.25) is 4.79 Å². The van der Waals surface area contributed by atoms with Gasteiger partial charge in [0.25, 0.3) is 15.9 Å². The van der Waals surface area contributed by atoms with Gasteiger partial charge in [0.2, 0.25) is 0 Å². The molecule has 2 fully saturated rings. The highest BCUT2D eigenvalue weighted by atomic mass is 35.5. The number of anilines is 2. The number of halogens is 1. The maximum Gasteiger partial charge on any atom is 0.257 e. The first-order valence-corrected chi connectivity index (χ1v) is 15.9. The van der Waals surface area contributed by atoms with Crippen molar-refractivity contribution in [1.29, 1.82) is 0 Å². The molecule has 9 nitrogen and oxygen atoms in total. The van der Waals surface area contributed by atoms with Gasteiger partial charge in [-0.25, -0.2) is 23.5 Å². The molecule has 0 spiro atoms. The van der Waals surface area contributed by atoms with Crippen molar-refractivity contribution in [3.63, 3.8) is 0 Å². The van der Waals surface area contributed by atoms with Gasteiger partial charge < -0.3 is 14.7 Å². The minimum absolute atomic E-state index is 0.0263. The van der Waals surface area contributed by atoms with E-state index in [0.29, 0.717) is 42.8 Å². The van der Waals surface area contributed by atoms with E-state index in [9.17, 15) is 13.2 Å². The Balaban J connectivity index is 1.27. The number of carbonyl (C=O) groups is 1. The number of rotatable bonds is 6. The number of nitrogens with zero attached hydrogens (tertiary/aromatic N) is 5. The van der Waals surface area contributed by atoms with Crippen molar-refractivity contribution >= 4 is 39.0 Å². The summed E-state index contributed by atoms with van der Waals surface area (Å²) < 4.78 is 24.1. The van der Waals surface area contributed by atoms with Gasteiger partial charge in [0.05, 0.1) is 10.7 Å². The van der Waals surface area contributed by atoms with Gasteiger partial charge in [-0.05, 0) is 92.5 Å². The predicted molar refractivity (Wildman–Crippen MR) is 162 cm³/mol. The number of aryl methyl sites for hydroxylation is 2. The van der Waals surface area contributed by atoms with Gasteiger partial charge in [0.1, 0.15) is 5.82 Å². The van der Waals surface area contributed by atoms with Gasteiger partial charge in [-0.15, -0.1) is 0 Å². The molecule has 3 aromatic rings. The van der Waals surface area contributed by atoms with Gasteiger partial charge in [-0.2, -0.15) is 0 Å². The van der Waals surface area contributed by atoms with Gasteiger partial charge in [-0.1, -0.05) is 17.7 Å². The van der Waals surface area contributed by atoms with Crippen molar-refractivity contribution in [3.8, 4) is 0 Å². The number of sulfonamides is 1. The minimum Gasteiger partial charge on any atom is -0.366 e. The molecule has 4 heterocycles. The number of piperazine rings is 1. The third kappa shape index (κ3) is 6.19. The van der Waals surface area contributed by atoms with Crippen LogP contribution in [0.2, 0.25) is 5.02 Å². The largest absolute Gasteiger partial charge is 0.366 e. The second kappa shape index (κ2) is 12.0. The average molecular weight is 597 g/mol. The molecule has 5 rings (SSSR count). The molecule has 0 unspecified atom stereocenters. The first-order valence-electron chi connectivity index (χ1n) is 14.0. The van der Waals surface area contributed by atoms with E-state index >= 15 is 0 Å². The molecule has 1 aromatic carbocycles. The monoisotopic (exact) mass is 596 g/mol. The molecule has 11 heteroatoms. The number of carbonyl (C=O) groups excluding carboxylic acids is 1. The molecule has 41 heavy (non-hydrogen) atoms. The number of pyridine rings is 2. The zero-order valence-corrected chi connectivity index (χ0v) is 25.4. The number of piperidine rings is 1. The fourth-order valence-corrected chi connectivity index (χ4v) is 7.21. The Kier molecular flexibility index (Phi) is 8.54. The third-order valence-electron chi connectivity index (χ3n) is 8.42. The van der Waals surface area contributed by atoms with E-state index < -0.39 is 10.0 Å². The molecular formula is C30H37ClN6O3S. The third-order valence-corrected chi connectivity index (χ3v) is 9.57. The summed E-state index contributed by atoms with van der Waals surface area (Å²) in [6, 6.07) is 9.28. The summed E-state index contributed by atoms with van der Waals surface area (Å²) in [5, 5.41) is 5.94. The Morgan fingerprint density at radius 1 is 0.951 bits per heavy atom. The molecule has 2 aliphatic rings. The van der Waals surface area contributed by atoms with Crippen LogP contribution in [0.15, 0.2) is 47.8 Å². The predicted octanol–water partition coefficient (Wildman–Crippen LogP) is 4.12. The van der Waals surface area contributed by atoms with Crippen LogP contribution < -0.4 is 14.9 Å². The second-order valence-corrected chi connectivity index (χ2v) is 13.0. The number of amides is 1. The summed E-state index contributed by atoms with van der Waals surface area (Å²) >= 11 is 6.38. The number of benzene rings is 1. The Morgan fingerprint density at radius 3 is 2.27 bits per heavy atom. The highest BCUT2D eigenvalue weighted by Crippen LogP contribution is 2.32. The molecule has 0 bridgehead atoms. The number of hydrogen-bond acceptors (Lipinski definition) is 7. The number of hydrogen-bond donors (Lipinski definition) is 1. The molecule has 0 aliphatic carbocycles. The quantitative estimate of drug-likeness (QED) is 0.455. The lowest BCUT2D eigenvalue weighted by molar-refractivity contribution is 0.0745. The van der Waals surface area contributed by atoms with Crippen LogP contribution in [0, 0.1) is 26.7 Å².